The number of pyridine rings is 1. The van der Waals surface area contributed by atoms with Crippen LogP contribution in [0.2, 0.25) is 0 Å². The summed E-state index contributed by atoms with van der Waals surface area (Å²) in [7, 11) is 0. The number of hydrogen-bond acceptors (Lipinski definition) is 4. The molecule has 1 N–H and O–H groups in total. The highest BCUT2D eigenvalue weighted by Gasteiger charge is 2.41. The molecular formula is C18H21N3OS2. The summed E-state index contributed by atoms with van der Waals surface area (Å²) in [6.07, 6.45) is 4.38. The van der Waals surface area contributed by atoms with E-state index in [2.05, 4.69) is 40.3 Å². The van der Waals surface area contributed by atoms with E-state index in [1.165, 1.54) is 9.75 Å². The molecule has 0 aliphatic carbocycles. The molecule has 126 valence electrons. The molecule has 2 aliphatic rings. The van der Waals surface area contributed by atoms with Crippen molar-refractivity contribution in [2.24, 2.45) is 0 Å². The minimum Gasteiger partial charge on any atom is -0.376 e. The molecule has 4 heterocycles. The summed E-state index contributed by atoms with van der Waals surface area (Å²) < 4.78 is 5.85. The first-order chi connectivity index (χ1) is 11.7. The summed E-state index contributed by atoms with van der Waals surface area (Å²) in [6.45, 7) is 3.86. The maximum Gasteiger partial charge on any atom is 0.170 e. The first kappa shape index (κ1) is 16.0. The number of nitrogens with zero attached hydrogens (tertiary/aromatic N) is 2. The number of ether oxygens (including phenoxy) is 1. The molecule has 6 heteroatoms. The molecule has 4 rings (SSSR count). The number of thiophene rings is 1. The van der Waals surface area contributed by atoms with Gasteiger partial charge in [-0.15, -0.1) is 11.3 Å². The van der Waals surface area contributed by atoms with Gasteiger partial charge in [-0.1, -0.05) is 6.07 Å². The topological polar surface area (TPSA) is 37.4 Å². The Kier molecular flexibility index (Phi) is 4.52. The Balaban J connectivity index is 1.67. The Bertz CT molecular complexity index is 712. The minimum atomic E-state index is 0.0816. The van der Waals surface area contributed by atoms with E-state index in [0.29, 0.717) is 0 Å². The summed E-state index contributed by atoms with van der Waals surface area (Å²) in [6, 6.07) is 10.7. The molecule has 0 spiro atoms. The van der Waals surface area contributed by atoms with Crippen molar-refractivity contribution < 1.29 is 4.74 Å². The predicted molar refractivity (Wildman–Crippen MR) is 100 cm³/mol. The van der Waals surface area contributed by atoms with Gasteiger partial charge in [-0.2, -0.15) is 0 Å². The van der Waals surface area contributed by atoms with E-state index in [9.17, 15) is 0 Å². The maximum absolute atomic E-state index is 5.85. The summed E-state index contributed by atoms with van der Waals surface area (Å²) >= 11 is 7.51. The molecule has 3 atom stereocenters. The van der Waals surface area contributed by atoms with Crippen molar-refractivity contribution in [1.29, 1.82) is 0 Å². The van der Waals surface area contributed by atoms with E-state index in [4.69, 9.17) is 17.0 Å². The third-order valence-corrected chi connectivity index (χ3v) is 6.10. The van der Waals surface area contributed by atoms with E-state index in [1.807, 2.05) is 29.7 Å². The lowest BCUT2D eigenvalue weighted by Gasteiger charge is -2.28. The number of hydrogen-bond donors (Lipinski definition) is 1. The second-order valence-corrected chi connectivity index (χ2v) is 8.07. The average Bonchev–Trinajstić information content (AvgIpc) is 3.31. The van der Waals surface area contributed by atoms with Crippen LogP contribution in [0.1, 0.15) is 40.4 Å². The van der Waals surface area contributed by atoms with Gasteiger partial charge < -0.3 is 15.0 Å². The van der Waals surface area contributed by atoms with Crippen LogP contribution in [0, 0.1) is 6.92 Å². The van der Waals surface area contributed by atoms with E-state index in [1.54, 1.807) is 0 Å². The average molecular weight is 360 g/mol. The zero-order valence-corrected chi connectivity index (χ0v) is 15.3. The third-order valence-electron chi connectivity index (χ3n) is 4.67. The van der Waals surface area contributed by atoms with Gasteiger partial charge in [0.2, 0.25) is 0 Å². The molecule has 2 aromatic heterocycles. The molecule has 0 bridgehead atoms. The van der Waals surface area contributed by atoms with E-state index < -0.39 is 0 Å². The minimum absolute atomic E-state index is 0.0816. The fourth-order valence-corrected chi connectivity index (χ4v) is 4.87. The monoisotopic (exact) mass is 359 g/mol. The van der Waals surface area contributed by atoms with Crippen molar-refractivity contribution in [3.8, 4) is 0 Å². The molecule has 0 saturated carbocycles. The summed E-state index contributed by atoms with van der Waals surface area (Å²) in [5, 5.41) is 4.30. The lowest BCUT2D eigenvalue weighted by Crippen LogP contribution is -2.36. The number of nitrogens with one attached hydrogen (secondary N) is 1. The summed E-state index contributed by atoms with van der Waals surface area (Å²) in [5.74, 6) is 0. The quantitative estimate of drug-likeness (QED) is 0.844. The molecule has 24 heavy (non-hydrogen) atoms. The molecule has 2 aromatic rings. The molecule has 0 aromatic carbocycles. The smallest absolute Gasteiger partial charge is 0.170 e. The Morgan fingerprint density at radius 2 is 2.29 bits per heavy atom. The lowest BCUT2D eigenvalue weighted by atomic mass is 10.0. The standard InChI is InChI=1S/C18H21N3OS2/c1-12-7-8-15(24-12)17-16(14-6-2-3-9-19-14)20-18(23)21(17)11-13-5-4-10-22-13/h2-3,6-9,13,16-17H,4-5,10-11H2,1H3,(H,20,23)/t13-,16-,17-/m1/s1. The van der Waals surface area contributed by atoms with Crippen molar-refractivity contribution in [2.75, 3.05) is 13.2 Å². The highest BCUT2D eigenvalue weighted by atomic mass is 32.1. The molecular weight excluding hydrogens is 338 g/mol. The third kappa shape index (κ3) is 3.06. The van der Waals surface area contributed by atoms with Crippen molar-refractivity contribution in [1.82, 2.24) is 15.2 Å². The van der Waals surface area contributed by atoms with Crippen LogP contribution < -0.4 is 5.32 Å². The normalized spacial score (nSPS) is 26.8. The second kappa shape index (κ2) is 6.78. The van der Waals surface area contributed by atoms with Crippen molar-refractivity contribution in [2.45, 2.75) is 38.0 Å². The molecule has 0 radical (unpaired) electrons. The Hall–Kier alpha value is -1.50. The van der Waals surface area contributed by atoms with E-state index in [-0.39, 0.29) is 18.2 Å². The van der Waals surface area contributed by atoms with Gasteiger partial charge in [0, 0.05) is 29.1 Å². The molecule has 2 saturated heterocycles. The number of rotatable bonds is 4. The Morgan fingerprint density at radius 1 is 1.38 bits per heavy atom. The second-order valence-electron chi connectivity index (χ2n) is 6.36. The van der Waals surface area contributed by atoms with E-state index in [0.717, 1.165) is 36.8 Å². The van der Waals surface area contributed by atoms with Gasteiger partial charge in [0.1, 0.15) is 0 Å². The maximum atomic E-state index is 5.85. The fourth-order valence-electron chi connectivity index (χ4n) is 3.53. The largest absolute Gasteiger partial charge is 0.376 e. The van der Waals surface area contributed by atoms with Crippen LogP contribution >= 0.6 is 23.6 Å². The first-order valence-electron chi connectivity index (χ1n) is 8.38. The molecule has 4 nitrogen and oxygen atoms in total. The molecule has 0 unspecified atom stereocenters. The lowest BCUT2D eigenvalue weighted by molar-refractivity contribution is 0.0846. The van der Waals surface area contributed by atoms with Gasteiger partial charge in [-0.25, -0.2) is 0 Å². The molecule has 2 aliphatic heterocycles. The van der Waals surface area contributed by atoms with Gasteiger partial charge in [0.25, 0.3) is 0 Å². The van der Waals surface area contributed by atoms with Crippen LogP contribution in [-0.4, -0.2) is 34.3 Å². The number of aryl methyl sites for hydroxylation is 1. The fraction of sp³-hybridized carbons (Fsp3) is 0.444. The Labute approximate surface area is 151 Å². The summed E-state index contributed by atoms with van der Waals surface area (Å²) in [5.41, 5.74) is 1.03. The molecule has 0 amide bonds. The highest BCUT2D eigenvalue weighted by molar-refractivity contribution is 7.80. The van der Waals surface area contributed by atoms with Crippen LogP contribution in [-0.2, 0) is 4.74 Å². The van der Waals surface area contributed by atoms with Crippen molar-refractivity contribution in [3.05, 3.63) is 52.0 Å². The number of thiocarbonyl (C=S) groups is 1. The van der Waals surface area contributed by atoms with Crippen LogP contribution in [0.4, 0.5) is 0 Å². The van der Waals surface area contributed by atoms with Crippen molar-refractivity contribution in [3.63, 3.8) is 0 Å². The van der Waals surface area contributed by atoms with Gasteiger partial charge in [0.05, 0.1) is 23.9 Å². The van der Waals surface area contributed by atoms with Crippen molar-refractivity contribution >= 4 is 28.7 Å². The van der Waals surface area contributed by atoms with Crippen LogP contribution in [0.25, 0.3) is 0 Å². The first-order valence-corrected chi connectivity index (χ1v) is 9.61. The van der Waals surface area contributed by atoms with Crippen LogP contribution in [0.5, 0.6) is 0 Å². The highest BCUT2D eigenvalue weighted by Crippen LogP contribution is 2.41. The van der Waals surface area contributed by atoms with Gasteiger partial charge in [-0.05, 0) is 56.2 Å². The predicted octanol–water partition coefficient (Wildman–Crippen LogP) is 3.60. The Morgan fingerprint density at radius 3 is 2.96 bits per heavy atom. The SMILES string of the molecule is Cc1ccc([C@@H]2[C@@H](c3ccccn3)NC(=S)N2C[C@H]2CCCO2)s1. The van der Waals surface area contributed by atoms with Gasteiger partial charge in [-0.3, -0.25) is 4.98 Å². The zero-order chi connectivity index (χ0) is 16.5. The van der Waals surface area contributed by atoms with Gasteiger partial charge >= 0.3 is 0 Å². The van der Waals surface area contributed by atoms with E-state index >= 15 is 0 Å². The zero-order valence-electron chi connectivity index (χ0n) is 13.6. The number of aromatic nitrogens is 1. The van der Waals surface area contributed by atoms with Gasteiger partial charge in [0.15, 0.2) is 5.11 Å². The summed E-state index contributed by atoms with van der Waals surface area (Å²) in [4.78, 5) is 9.52. The molecule has 2 fully saturated rings. The van der Waals surface area contributed by atoms with Crippen LogP contribution in [0.3, 0.4) is 0 Å². The van der Waals surface area contributed by atoms with Crippen LogP contribution in [0.15, 0.2) is 36.5 Å².